The number of amides is 1. The molecule has 144 valence electrons. The Hall–Kier alpha value is -2.21. The topological polar surface area (TPSA) is 63.1 Å². The standard InChI is InChI=1S/C21H29N5O/c27-21(22-14-20-24-23-19-11-5-2-6-13-26(19)20)16-25-12-7-10-18(15-25)17-8-3-1-4-9-17/h1,3-4,8-9,18H,2,5-7,10-16H2,(H,22,27)/t18-/m1/s1. The molecule has 1 fully saturated rings. The van der Waals surface area contributed by atoms with Gasteiger partial charge in [-0.2, -0.15) is 0 Å². The SMILES string of the molecule is O=C(CN1CCC[C@@H](c2ccccc2)C1)NCc1nnc2n1CCCCC2. The van der Waals surface area contributed by atoms with Gasteiger partial charge in [-0.3, -0.25) is 9.69 Å². The summed E-state index contributed by atoms with van der Waals surface area (Å²) in [5.74, 6) is 2.56. The highest BCUT2D eigenvalue weighted by molar-refractivity contribution is 5.77. The first-order valence-corrected chi connectivity index (χ1v) is 10.2. The Morgan fingerprint density at radius 3 is 2.85 bits per heavy atom. The van der Waals surface area contributed by atoms with Gasteiger partial charge in [-0.25, -0.2) is 0 Å². The minimum atomic E-state index is 0.0784. The molecule has 1 saturated heterocycles. The van der Waals surface area contributed by atoms with E-state index in [1.165, 1.54) is 31.2 Å². The molecule has 0 saturated carbocycles. The van der Waals surface area contributed by atoms with Crippen molar-refractivity contribution >= 4 is 5.91 Å². The van der Waals surface area contributed by atoms with E-state index < -0.39 is 0 Å². The van der Waals surface area contributed by atoms with Gasteiger partial charge in [0.2, 0.25) is 5.91 Å². The average Bonchev–Trinajstić information content (AvgIpc) is 2.93. The summed E-state index contributed by atoms with van der Waals surface area (Å²) >= 11 is 0. The van der Waals surface area contributed by atoms with Crippen molar-refractivity contribution in [3.63, 3.8) is 0 Å². The van der Waals surface area contributed by atoms with Crippen molar-refractivity contribution in [2.45, 2.75) is 57.5 Å². The third kappa shape index (κ3) is 4.56. The number of benzene rings is 1. The summed E-state index contributed by atoms with van der Waals surface area (Å²) in [6, 6.07) is 10.7. The van der Waals surface area contributed by atoms with Gasteiger partial charge in [-0.1, -0.05) is 36.8 Å². The van der Waals surface area contributed by atoms with Crippen LogP contribution in [0.5, 0.6) is 0 Å². The van der Waals surface area contributed by atoms with E-state index in [1.54, 1.807) is 0 Å². The number of likely N-dealkylation sites (tertiary alicyclic amines) is 1. The smallest absolute Gasteiger partial charge is 0.234 e. The summed E-state index contributed by atoms with van der Waals surface area (Å²) in [4.78, 5) is 14.8. The Labute approximate surface area is 161 Å². The Bertz CT molecular complexity index is 757. The molecule has 0 bridgehead atoms. The monoisotopic (exact) mass is 367 g/mol. The summed E-state index contributed by atoms with van der Waals surface area (Å²) in [7, 11) is 0. The number of nitrogens with zero attached hydrogens (tertiary/aromatic N) is 4. The van der Waals surface area contributed by atoms with Gasteiger partial charge in [-0.15, -0.1) is 10.2 Å². The van der Waals surface area contributed by atoms with E-state index in [-0.39, 0.29) is 5.91 Å². The van der Waals surface area contributed by atoms with E-state index in [2.05, 4.69) is 55.3 Å². The van der Waals surface area contributed by atoms with Crippen LogP contribution in [0.4, 0.5) is 0 Å². The fourth-order valence-corrected chi connectivity index (χ4v) is 4.31. The molecule has 27 heavy (non-hydrogen) atoms. The van der Waals surface area contributed by atoms with Gasteiger partial charge in [0.15, 0.2) is 5.82 Å². The second kappa shape index (κ2) is 8.65. The molecular weight excluding hydrogens is 338 g/mol. The first-order chi connectivity index (χ1) is 13.3. The van der Waals surface area contributed by atoms with Gasteiger partial charge in [0.05, 0.1) is 13.1 Å². The Balaban J connectivity index is 1.29. The van der Waals surface area contributed by atoms with Gasteiger partial charge in [0.25, 0.3) is 0 Å². The second-order valence-electron chi connectivity index (χ2n) is 7.76. The van der Waals surface area contributed by atoms with Crippen LogP contribution in [0.2, 0.25) is 0 Å². The number of hydrogen-bond acceptors (Lipinski definition) is 4. The highest BCUT2D eigenvalue weighted by atomic mass is 16.2. The number of aryl methyl sites for hydroxylation is 1. The van der Waals surface area contributed by atoms with Crippen LogP contribution in [-0.4, -0.2) is 45.2 Å². The van der Waals surface area contributed by atoms with Gasteiger partial charge < -0.3 is 9.88 Å². The maximum Gasteiger partial charge on any atom is 0.234 e. The molecule has 0 aliphatic carbocycles. The van der Waals surface area contributed by atoms with E-state index in [0.29, 0.717) is 19.0 Å². The maximum absolute atomic E-state index is 12.5. The van der Waals surface area contributed by atoms with Crippen LogP contribution in [-0.2, 0) is 24.3 Å². The molecular formula is C21H29N5O. The number of aromatic nitrogens is 3. The quantitative estimate of drug-likeness (QED) is 0.882. The first-order valence-electron chi connectivity index (χ1n) is 10.2. The van der Waals surface area contributed by atoms with Crippen molar-refractivity contribution in [3.8, 4) is 0 Å². The largest absolute Gasteiger partial charge is 0.348 e. The summed E-state index contributed by atoms with van der Waals surface area (Å²) in [5.41, 5.74) is 1.38. The Morgan fingerprint density at radius 1 is 1.07 bits per heavy atom. The number of nitrogens with one attached hydrogen (secondary N) is 1. The fourth-order valence-electron chi connectivity index (χ4n) is 4.31. The lowest BCUT2D eigenvalue weighted by Crippen LogP contribution is -2.42. The summed E-state index contributed by atoms with van der Waals surface area (Å²) in [6.45, 7) is 3.86. The van der Waals surface area contributed by atoms with Crippen molar-refractivity contribution in [3.05, 3.63) is 47.5 Å². The number of carbonyl (C=O) groups excluding carboxylic acids is 1. The van der Waals surface area contributed by atoms with Crippen molar-refractivity contribution in [2.24, 2.45) is 0 Å². The molecule has 6 heteroatoms. The molecule has 1 aromatic heterocycles. The molecule has 3 heterocycles. The fraction of sp³-hybridized carbons (Fsp3) is 0.571. The highest BCUT2D eigenvalue weighted by Crippen LogP contribution is 2.26. The lowest BCUT2D eigenvalue weighted by Gasteiger charge is -2.32. The van der Waals surface area contributed by atoms with Gasteiger partial charge in [-0.05, 0) is 43.7 Å². The number of piperidine rings is 1. The van der Waals surface area contributed by atoms with Crippen LogP contribution in [0, 0.1) is 0 Å². The van der Waals surface area contributed by atoms with E-state index in [4.69, 9.17) is 0 Å². The summed E-state index contributed by atoms with van der Waals surface area (Å²) in [5, 5.41) is 11.7. The third-order valence-electron chi connectivity index (χ3n) is 5.77. The van der Waals surface area contributed by atoms with Crippen molar-refractivity contribution in [1.82, 2.24) is 25.0 Å². The molecule has 2 aliphatic heterocycles. The number of carbonyl (C=O) groups is 1. The van der Waals surface area contributed by atoms with Crippen LogP contribution >= 0.6 is 0 Å². The molecule has 1 atom stereocenters. The average molecular weight is 367 g/mol. The molecule has 1 amide bonds. The highest BCUT2D eigenvalue weighted by Gasteiger charge is 2.23. The Kier molecular flexibility index (Phi) is 5.82. The normalized spacial score (nSPS) is 20.7. The molecule has 0 radical (unpaired) electrons. The summed E-state index contributed by atoms with van der Waals surface area (Å²) < 4.78 is 2.19. The van der Waals surface area contributed by atoms with E-state index >= 15 is 0 Å². The molecule has 0 unspecified atom stereocenters. The van der Waals surface area contributed by atoms with Crippen LogP contribution < -0.4 is 5.32 Å². The zero-order chi connectivity index (χ0) is 18.5. The number of rotatable bonds is 5. The van der Waals surface area contributed by atoms with Gasteiger partial charge >= 0.3 is 0 Å². The van der Waals surface area contributed by atoms with E-state index in [9.17, 15) is 4.79 Å². The number of hydrogen-bond donors (Lipinski definition) is 1. The maximum atomic E-state index is 12.5. The molecule has 1 aromatic carbocycles. The van der Waals surface area contributed by atoms with Crippen LogP contribution in [0.3, 0.4) is 0 Å². The molecule has 6 nitrogen and oxygen atoms in total. The predicted octanol–water partition coefficient (Wildman–Crippen LogP) is 2.50. The first kappa shape index (κ1) is 18.2. The van der Waals surface area contributed by atoms with Crippen molar-refractivity contribution in [1.29, 1.82) is 0 Å². The molecule has 4 rings (SSSR count). The lowest BCUT2D eigenvalue weighted by molar-refractivity contribution is -0.122. The molecule has 1 N–H and O–H groups in total. The lowest BCUT2D eigenvalue weighted by atomic mass is 9.91. The zero-order valence-corrected chi connectivity index (χ0v) is 15.9. The van der Waals surface area contributed by atoms with Crippen LogP contribution in [0.25, 0.3) is 0 Å². The minimum Gasteiger partial charge on any atom is -0.348 e. The zero-order valence-electron chi connectivity index (χ0n) is 15.9. The molecule has 2 aromatic rings. The second-order valence-corrected chi connectivity index (χ2v) is 7.76. The number of fused-ring (bicyclic) bond motifs is 1. The van der Waals surface area contributed by atoms with Crippen LogP contribution in [0.1, 0.15) is 55.2 Å². The van der Waals surface area contributed by atoms with E-state index in [1.807, 2.05) is 0 Å². The van der Waals surface area contributed by atoms with Crippen molar-refractivity contribution in [2.75, 3.05) is 19.6 Å². The molecule has 2 aliphatic rings. The minimum absolute atomic E-state index is 0.0784. The van der Waals surface area contributed by atoms with E-state index in [0.717, 1.165) is 44.1 Å². The Morgan fingerprint density at radius 2 is 1.96 bits per heavy atom. The summed E-state index contributed by atoms with van der Waals surface area (Å²) in [6.07, 6.45) is 6.93. The third-order valence-corrected chi connectivity index (χ3v) is 5.77. The van der Waals surface area contributed by atoms with Gasteiger partial charge in [0.1, 0.15) is 5.82 Å². The van der Waals surface area contributed by atoms with Crippen LogP contribution in [0.15, 0.2) is 30.3 Å². The predicted molar refractivity (Wildman–Crippen MR) is 104 cm³/mol. The van der Waals surface area contributed by atoms with Crippen molar-refractivity contribution < 1.29 is 4.79 Å². The van der Waals surface area contributed by atoms with Gasteiger partial charge in [0, 0.05) is 19.5 Å². The molecule has 0 spiro atoms.